The average molecular weight is 203 g/mol. The summed E-state index contributed by atoms with van der Waals surface area (Å²) in [6.07, 6.45) is -1.16. The first kappa shape index (κ1) is 10.8. The second-order valence-corrected chi connectivity index (χ2v) is 2.80. The van der Waals surface area contributed by atoms with Crippen LogP contribution < -0.4 is 0 Å². The zero-order valence-corrected chi connectivity index (χ0v) is 8.19. The normalized spacial score (nSPS) is 21.6. The van der Waals surface area contributed by atoms with E-state index in [1.165, 1.54) is 19.1 Å². The molecule has 6 heteroatoms. The van der Waals surface area contributed by atoms with Crippen molar-refractivity contribution in [3.8, 4) is 0 Å². The van der Waals surface area contributed by atoms with Crippen LogP contribution in [0, 0.1) is 0 Å². The minimum Gasteiger partial charge on any atom is -0.467 e. The van der Waals surface area contributed by atoms with Crippen LogP contribution >= 0.6 is 0 Å². The quantitative estimate of drug-likeness (QED) is 0.544. The number of ether oxygens (including phenoxy) is 3. The summed E-state index contributed by atoms with van der Waals surface area (Å²) in [5, 5.41) is 0. The van der Waals surface area contributed by atoms with E-state index < -0.39 is 18.2 Å². The van der Waals surface area contributed by atoms with Gasteiger partial charge in [-0.2, -0.15) is 0 Å². The zero-order valence-electron chi connectivity index (χ0n) is 8.19. The molecule has 0 N–H and O–H groups in total. The van der Waals surface area contributed by atoms with Gasteiger partial charge in [0.1, 0.15) is 0 Å². The van der Waals surface area contributed by atoms with E-state index >= 15 is 0 Å². The molecular formula is C8H13NO5. The van der Waals surface area contributed by atoms with E-state index in [2.05, 4.69) is 9.47 Å². The van der Waals surface area contributed by atoms with Crippen LogP contribution in [-0.2, 0) is 19.0 Å². The highest BCUT2D eigenvalue weighted by atomic mass is 16.6. The minimum atomic E-state index is -0.701. The fourth-order valence-corrected chi connectivity index (χ4v) is 1.22. The molecule has 0 spiro atoms. The Bertz CT molecular complexity index is 208. The number of esters is 1. The molecular weight excluding hydrogens is 190 g/mol. The van der Waals surface area contributed by atoms with E-state index in [0.29, 0.717) is 13.2 Å². The Morgan fingerprint density at radius 1 is 1.36 bits per heavy atom. The standard InChI is InChI=1S/C8H13NO5/c1-12-7(10)6-5-9(3-4-14-6)8(11)13-2/h6H,3-5H2,1-2H3. The van der Waals surface area contributed by atoms with Crippen LogP contribution in [0.15, 0.2) is 0 Å². The molecule has 6 nitrogen and oxygen atoms in total. The van der Waals surface area contributed by atoms with Gasteiger partial charge in [0.2, 0.25) is 0 Å². The molecule has 1 rings (SSSR count). The lowest BCUT2D eigenvalue weighted by Crippen LogP contribution is -2.48. The molecule has 0 aromatic rings. The van der Waals surface area contributed by atoms with Crippen molar-refractivity contribution in [1.82, 2.24) is 4.90 Å². The van der Waals surface area contributed by atoms with Crippen LogP contribution in [0.4, 0.5) is 4.79 Å². The third kappa shape index (κ3) is 2.35. The number of methoxy groups -OCH3 is 2. The summed E-state index contributed by atoms with van der Waals surface area (Å²) in [6, 6.07) is 0. The largest absolute Gasteiger partial charge is 0.467 e. The van der Waals surface area contributed by atoms with Crippen molar-refractivity contribution in [2.75, 3.05) is 33.9 Å². The summed E-state index contributed by atoms with van der Waals surface area (Å²) in [5.74, 6) is -0.474. The Balaban J connectivity index is 2.51. The van der Waals surface area contributed by atoms with Gasteiger partial charge in [0, 0.05) is 6.54 Å². The molecule has 0 saturated carbocycles. The van der Waals surface area contributed by atoms with Gasteiger partial charge >= 0.3 is 12.1 Å². The number of hydrogen-bond donors (Lipinski definition) is 0. The lowest BCUT2D eigenvalue weighted by Gasteiger charge is -2.30. The first-order chi connectivity index (χ1) is 6.69. The molecule has 0 aliphatic carbocycles. The van der Waals surface area contributed by atoms with Gasteiger partial charge in [-0.05, 0) is 0 Å². The van der Waals surface area contributed by atoms with E-state index in [9.17, 15) is 9.59 Å². The van der Waals surface area contributed by atoms with E-state index in [1.807, 2.05) is 0 Å². The minimum absolute atomic E-state index is 0.180. The Morgan fingerprint density at radius 3 is 2.64 bits per heavy atom. The van der Waals surface area contributed by atoms with Gasteiger partial charge in [0.15, 0.2) is 6.10 Å². The number of carbonyl (C=O) groups is 2. The lowest BCUT2D eigenvalue weighted by molar-refractivity contribution is -0.158. The second-order valence-electron chi connectivity index (χ2n) is 2.80. The van der Waals surface area contributed by atoms with Crippen LogP contribution in [-0.4, -0.2) is 57.0 Å². The molecule has 14 heavy (non-hydrogen) atoms. The monoisotopic (exact) mass is 203 g/mol. The van der Waals surface area contributed by atoms with E-state index in [1.54, 1.807) is 0 Å². The predicted octanol–water partition coefficient (Wildman–Crippen LogP) is -0.373. The van der Waals surface area contributed by atoms with Crippen molar-refractivity contribution in [3.63, 3.8) is 0 Å². The van der Waals surface area contributed by atoms with Crippen LogP contribution in [0.25, 0.3) is 0 Å². The number of carbonyl (C=O) groups excluding carboxylic acids is 2. The molecule has 1 amide bonds. The fraction of sp³-hybridized carbons (Fsp3) is 0.750. The molecule has 1 unspecified atom stereocenters. The molecule has 80 valence electrons. The van der Waals surface area contributed by atoms with Gasteiger partial charge in [-0.1, -0.05) is 0 Å². The fourth-order valence-electron chi connectivity index (χ4n) is 1.22. The highest BCUT2D eigenvalue weighted by Crippen LogP contribution is 2.07. The summed E-state index contributed by atoms with van der Waals surface area (Å²) in [4.78, 5) is 23.6. The van der Waals surface area contributed by atoms with Gasteiger partial charge < -0.3 is 19.1 Å². The van der Waals surface area contributed by atoms with Crippen LogP contribution in [0.1, 0.15) is 0 Å². The highest BCUT2D eigenvalue weighted by Gasteiger charge is 2.30. The van der Waals surface area contributed by atoms with Gasteiger partial charge in [0.25, 0.3) is 0 Å². The van der Waals surface area contributed by atoms with E-state index in [-0.39, 0.29) is 6.54 Å². The summed E-state index contributed by atoms with van der Waals surface area (Å²) < 4.78 is 14.2. The van der Waals surface area contributed by atoms with Crippen molar-refractivity contribution in [3.05, 3.63) is 0 Å². The molecule has 1 aliphatic heterocycles. The maximum Gasteiger partial charge on any atom is 0.409 e. The van der Waals surface area contributed by atoms with Crippen molar-refractivity contribution >= 4 is 12.1 Å². The first-order valence-electron chi connectivity index (χ1n) is 4.21. The van der Waals surface area contributed by atoms with Crippen LogP contribution in [0.3, 0.4) is 0 Å². The van der Waals surface area contributed by atoms with E-state index in [0.717, 1.165) is 0 Å². The molecule has 1 aliphatic rings. The molecule has 1 heterocycles. The van der Waals surface area contributed by atoms with Crippen LogP contribution in [0.2, 0.25) is 0 Å². The Morgan fingerprint density at radius 2 is 2.07 bits per heavy atom. The smallest absolute Gasteiger partial charge is 0.409 e. The van der Waals surface area contributed by atoms with Gasteiger partial charge in [-0.15, -0.1) is 0 Å². The summed E-state index contributed by atoms with van der Waals surface area (Å²) in [5.41, 5.74) is 0. The summed E-state index contributed by atoms with van der Waals surface area (Å²) in [6.45, 7) is 0.925. The molecule has 1 saturated heterocycles. The van der Waals surface area contributed by atoms with Crippen molar-refractivity contribution in [2.24, 2.45) is 0 Å². The van der Waals surface area contributed by atoms with Crippen molar-refractivity contribution in [1.29, 1.82) is 0 Å². The predicted molar refractivity (Wildman–Crippen MR) is 45.7 cm³/mol. The maximum atomic E-state index is 11.1. The second kappa shape index (κ2) is 4.80. The van der Waals surface area contributed by atoms with Crippen LogP contribution in [0.5, 0.6) is 0 Å². The molecule has 0 aromatic carbocycles. The molecule has 1 fully saturated rings. The number of morpholine rings is 1. The summed E-state index contributed by atoms with van der Waals surface area (Å²) >= 11 is 0. The molecule has 0 aromatic heterocycles. The summed E-state index contributed by atoms with van der Waals surface area (Å²) in [7, 11) is 2.58. The Labute approximate surface area is 81.7 Å². The Kier molecular flexibility index (Phi) is 3.70. The lowest BCUT2D eigenvalue weighted by atomic mass is 10.3. The molecule has 0 radical (unpaired) electrons. The average Bonchev–Trinajstić information content (AvgIpc) is 2.27. The third-order valence-electron chi connectivity index (χ3n) is 1.96. The zero-order chi connectivity index (χ0) is 10.6. The van der Waals surface area contributed by atoms with Crippen molar-refractivity contribution < 1.29 is 23.8 Å². The number of hydrogen-bond acceptors (Lipinski definition) is 5. The van der Waals surface area contributed by atoms with Gasteiger partial charge in [0.05, 0.1) is 27.4 Å². The SMILES string of the molecule is COC(=O)C1CN(C(=O)OC)CCO1. The molecule has 1 atom stereocenters. The first-order valence-corrected chi connectivity index (χ1v) is 4.21. The highest BCUT2D eigenvalue weighted by molar-refractivity contribution is 5.76. The molecule has 0 bridgehead atoms. The Hall–Kier alpha value is -1.30. The number of nitrogens with zero attached hydrogens (tertiary/aromatic N) is 1. The number of rotatable bonds is 1. The van der Waals surface area contributed by atoms with E-state index in [4.69, 9.17) is 4.74 Å². The van der Waals surface area contributed by atoms with Crippen molar-refractivity contribution in [2.45, 2.75) is 6.10 Å². The maximum absolute atomic E-state index is 11.1. The number of amides is 1. The van der Waals surface area contributed by atoms with Gasteiger partial charge in [-0.3, -0.25) is 0 Å². The third-order valence-corrected chi connectivity index (χ3v) is 1.96. The van der Waals surface area contributed by atoms with Gasteiger partial charge in [-0.25, -0.2) is 9.59 Å². The topological polar surface area (TPSA) is 65.1 Å².